The van der Waals surface area contributed by atoms with Crippen LogP contribution in [0.25, 0.3) is 0 Å². The Balaban J connectivity index is 1.59. The van der Waals surface area contributed by atoms with Crippen LogP contribution in [0.5, 0.6) is 17.2 Å². The van der Waals surface area contributed by atoms with Gasteiger partial charge in [0.25, 0.3) is 0 Å². The van der Waals surface area contributed by atoms with Gasteiger partial charge in [0.05, 0.1) is 27.4 Å². The van der Waals surface area contributed by atoms with E-state index in [4.69, 9.17) is 18.9 Å². The summed E-state index contributed by atoms with van der Waals surface area (Å²) in [4.78, 5) is 4.32. The average Bonchev–Trinajstić information content (AvgIpc) is 3.28. The Hall–Kier alpha value is -2.93. The molecule has 1 atom stereocenters. The van der Waals surface area contributed by atoms with Crippen LogP contribution in [0.15, 0.2) is 41.4 Å². The molecule has 0 saturated carbocycles. The Kier molecular flexibility index (Phi) is 7.79. The number of hydrogen-bond donors (Lipinski definition) is 2. The zero-order valence-electron chi connectivity index (χ0n) is 18.2. The highest BCUT2D eigenvalue weighted by Crippen LogP contribution is 2.27. The van der Waals surface area contributed by atoms with Gasteiger partial charge in [-0.15, -0.1) is 0 Å². The van der Waals surface area contributed by atoms with Crippen molar-refractivity contribution in [3.63, 3.8) is 0 Å². The van der Waals surface area contributed by atoms with Crippen LogP contribution in [0, 0.1) is 6.92 Å². The molecule has 2 aromatic rings. The average molecular weight is 414 g/mol. The number of aryl methyl sites for hydroxylation is 1. The van der Waals surface area contributed by atoms with E-state index in [1.807, 2.05) is 18.2 Å². The second-order valence-electron chi connectivity index (χ2n) is 7.18. The third kappa shape index (κ3) is 5.79. The second kappa shape index (κ2) is 10.7. The Labute approximate surface area is 178 Å². The van der Waals surface area contributed by atoms with Crippen LogP contribution >= 0.6 is 0 Å². The summed E-state index contributed by atoms with van der Waals surface area (Å²) in [6, 6.07) is 12.1. The molecule has 1 fully saturated rings. The number of ether oxygens (including phenoxy) is 4. The number of benzene rings is 2. The van der Waals surface area contributed by atoms with Crippen LogP contribution in [0.2, 0.25) is 0 Å². The van der Waals surface area contributed by atoms with Gasteiger partial charge in [0, 0.05) is 32.1 Å². The molecule has 3 rings (SSSR count). The van der Waals surface area contributed by atoms with Crippen LogP contribution in [-0.4, -0.2) is 46.5 Å². The Morgan fingerprint density at radius 2 is 1.83 bits per heavy atom. The molecule has 1 aliphatic heterocycles. The van der Waals surface area contributed by atoms with Gasteiger partial charge in [-0.3, -0.25) is 4.99 Å². The van der Waals surface area contributed by atoms with Crippen molar-refractivity contribution in [3.05, 3.63) is 53.1 Å². The van der Waals surface area contributed by atoms with Gasteiger partial charge in [0.15, 0.2) is 17.5 Å². The number of guanidine groups is 1. The molecule has 2 N–H and O–H groups in total. The molecule has 162 valence electrons. The number of hydrogen-bond acceptors (Lipinski definition) is 5. The van der Waals surface area contributed by atoms with Gasteiger partial charge in [0.2, 0.25) is 0 Å². The molecular weight excluding hydrogens is 382 g/mol. The molecule has 7 heteroatoms. The van der Waals surface area contributed by atoms with Crippen LogP contribution in [-0.2, 0) is 17.8 Å². The summed E-state index contributed by atoms with van der Waals surface area (Å²) < 4.78 is 22.3. The van der Waals surface area contributed by atoms with E-state index >= 15 is 0 Å². The van der Waals surface area contributed by atoms with Crippen molar-refractivity contribution in [2.75, 3.05) is 34.5 Å². The lowest BCUT2D eigenvalue weighted by Gasteiger charge is -2.18. The van der Waals surface area contributed by atoms with E-state index in [9.17, 15) is 0 Å². The minimum absolute atomic E-state index is 0.119. The largest absolute Gasteiger partial charge is 0.493 e. The van der Waals surface area contributed by atoms with E-state index in [2.05, 4.69) is 40.7 Å². The van der Waals surface area contributed by atoms with E-state index in [-0.39, 0.29) is 6.10 Å². The van der Waals surface area contributed by atoms with E-state index < -0.39 is 0 Å². The summed E-state index contributed by atoms with van der Waals surface area (Å²) in [5.74, 6) is 3.02. The van der Waals surface area contributed by atoms with Crippen LogP contribution in [0.1, 0.15) is 23.1 Å². The standard InChI is InChI=1S/C23H31N3O4/c1-16-5-7-18(21(11-16)30-19-9-10-29-15-19)14-26-23(24-2)25-13-17-6-8-20(27-3)22(12-17)28-4/h5-8,11-12,19H,9-10,13-15H2,1-4H3,(H2,24,25,26). The second-order valence-corrected chi connectivity index (χ2v) is 7.18. The summed E-state index contributed by atoms with van der Waals surface area (Å²) in [6.45, 7) is 4.69. The smallest absolute Gasteiger partial charge is 0.191 e. The van der Waals surface area contributed by atoms with Gasteiger partial charge in [-0.1, -0.05) is 18.2 Å². The third-order valence-electron chi connectivity index (χ3n) is 4.98. The fourth-order valence-electron chi connectivity index (χ4n) is 3.28. The number of methoxy groups -OCH3 is 2. The molecule has 1 heterocycles. The maximum atomic E-state index is 6.18. The maximum Gasteiger partial charge on any atom is 0.191 e. The normalized spacial score (nSPS) is 16.3. The first kappa shape index (κ1) is 21.8. The minimum Gasteiger partial charge on any atom is -0.493 e. The Bertz CT molecular complexity index is 864. The van der Waals surface area contributed by atoms with Crippen molar-refractivity contribution >= 4 is 5.96 Å². The van der Waals surface area contributed by atoms with E-state index in [1.54, 1.807) is 21.3 Å². The topological polar surface area (TPSA) is 73.3 Å². The Morgan fingerprint density at radius 1 is 1.03 bits per heavy atom. The monoisotopic (exact) mass is 413 g/mol. The van der Waals surface area contributed by atoms with Crippen molar-refractivity contribution < 1.29 is 18.9 Å². The molecule has 0 aromatic heterocycles. The summed E-state index contributed by atoms with van der Waals surface area (Å²) in [5.41, 5.74) is 3.32. The fourth-order valence-corrected chi connectivity index (χ4v) is 3.28. The van der Waals surface area contributed by atoms with E-state index in [1.165, 1.54) is 5.56 Å². The predicted molar refractivity (Wildman–Crippen MR) is 118 cm³/mol. The van der Waals surface area contributed by atoms with Gasteiger partial charge < -0.3 is 29.6 Å². The van der Waals surface area contributed by atoms with E-state index in [0.717, 1.165) is 29.9 Å². The highest BCUT2D eigenvalue weighted by molar-refractivity contribution is 5.79. The number of nitrogens with one attached hydrogen (secondary N) is 2. The van der Waals surface area contributed by atoms with Crippen molar-refractivity contribution in [1.29, 1.82) is 0 Å². The van der Waals surface area contributed by atoms with Crippen LogP contribution < -0.4 is 24.8 Å². The van der Waals surface area contributed by atoms with Crippen LogP contribution in [0.3, 0.4) is 0 Å². The zero-order chi connectivity index (χ0) is 21.3. The number of aliphatic imine (C=N–C) groups is 1. The van der Waals surface area contributed by atoms with Crippen molar-refractivity contribution in [3.8, 4) is 17.2 Å². The van der Waals surface area contributed by atoms with Gasteiger partial charge in [-0.05, 0) is 36.2 Å². The first-order valence-corrected chi connectivity index (χ1v) is 10.1. The van der Waals surface area contributed by atoms with Gasteiger partial charge in [-0.25, -0.2) is 0 Å². The number of rotatable bonds is 8. The summed E-state index contributed by atoms with van der Waals surface area (Å²) in [7, 11) is 5.02. The highest BCUT2D eigenvalue weighted by Gasteiger charge is 2.18. The molecule has 30 heavy (non-hydrogen) atoms. The predicted octanol–water partition coefficient (Wildman–Crippen LogP) is 3.05. The van der Waals surface area contributed by atoms with Gasteiger partial charge in [-0.2, -0.15) is 0 Å². The quantitative estimate of drug-likeness (QED) is 0.512. The fraction of sp³-hybridized carbons (Fsp3) is 0.435. The molecule has 0 amide bonds. The summed E-state index contributed by atoms with van der Waals surface area (Å²) >= 11 is 0. The first-order chi connectivity index (χ1) is 14.6. The molecule has 2 aromatic carbocycles. The molecule has 0 aliphatic carbocycles. The Morgan fingerprint density at radius 3 is 2.53 bits per heavy atom. The lowest BCUT2D eigenvalue weighted by Crippen LogP contribution is -2.36. The third-order valence-corrected chi connectivity index (χ3v) is 4.98. The van der Waals surface area contributed by atoms with Crippen molar-refractivity contribution in [2.45, 2.75) is 32.5 Å². The molecule has 1 saturated heterocycles. The van der Waals surface area contributed by atoms with Gasteiger partial charge >= 0.3 is 0 Å². The lowest BCUT2D eigenvalue weighted by atomic mass is 10.1. The van der Waals surface area contributed by atoms with Gasteiger partial charge in [0.1, 0.15) is 11.9 Å². The molecule has 1 aliphatic rings. The van der Waals surface area contributed by atoms with Crippen molar-refractivity contribution in [2.24, 2.45) is 4.99 Å². The lowest BCUT2D eigenvalue weighted by molar-refractivity contribution is 0.140. The molecular formula is C23H31N3O4. The molecule has 0 spiro atoms. The minimum atomic E-state index is 0.119. The van der Waals surface area contributed by atoms with E-state index in [0.29, 0.717) is 37.2 Å². The van der Waals surface area contributed by atoms with Crippen molar-refractivity contribution in [1.82, 2.24) is 10.6 Å². The molecule has 0 bridgehead atoms. The van der Waals surface area contributed by atoms with Crippen LogP contribution in [0.4, 0.5) is 0 Å². The summed E-state index contributed by atoms with van der Waals surface area (Å²) in [6.07, 6.45) is 1.04. The highest BCUT2D eigenvalue weighted by atomic mass is 16.5. The number of nitrogens with zero attached hydrogens (tertiary/aromatic N) is 1. The first-order valence-electron chi connectivity index (χ1n) is 10.1. The molecule has 0 radical (unpaired) electrons. The summed E-state index contributed by atoms with van der Waals surface area (Å²) in [5, 5.41) is 6.69. The SMILES string of the molecule is CN=C(NCc1ccc(OC)c(OC)c1)NCc1ccc(C)cc1OC1CCOC1. The maximum absolute atomic E-state index is 6.18. The zero-order valence-corrected chi connectivity index (χ0v) is 18.2. The molecule has 1 unspecified atom stereocenters. The molecule has 7 nitrogen and oxygen atoms in total.